The molecule has 0 aliphatic carbocycles. The van der Waals surface area contributed by atoms with Crippen LogP contribution in [0, 0.1) is 18.2 Å². The Morgan fingerprint density at radius 3 is 2.72 bits per heavy atom. The number of hydrogen-bond donors (Lipinski definition) is 2. The van der Waals surface area contributed by atoms with Crippen LogP contribution in [0.5, 0.6) is 0 Å². The first-order valence-corrected chi connectivity index (χ1v) is 9.02. The van der Waals surface area contributed by atoms with Gasteiger partial charge in [-0.2, -0.15) is 0 Å². The van der Waals surface area contributed by atoms with Gasteiger partial charge in [-0.1, -0.05) is 30.3 Å². The maximum atomic E-state index is 14.2. The van der Waals surface area contributed by atoms with E-state index in [9.17, 15) is 4.39 Å². The Kier molecular flexibility index (Phi) is 4.30. The minimum atomic E-state index is -0.167. The number of rotatable bonds is 2. The van der Waals surface area contributed by atoms with Gasteiger partial charge in [0.05, 0.1) is 6.54 Å². The lowest BCUT2D eigenvalue weighted by atomic mass is 9.71. The Hall–Kier alpha value is -2.20. The van der Waals surface area contributed by atoms with Gasteiger partial charge >= 0.3 is 0 Å². The van der Waals surface area contributed by atoms with E-state index in [0.717, 1.165) is 49.4 Å². The number of para-hydroxylation sites is 1. The maximum Gasteiger partial charge on any atom is 0.128 e. The van der Waals surface area contributed by atoms with E-state index in [1.807, 2.05) is 25.1 Å². The molecule has 0 aromatic heterocycles. The summed E-state index contributed by atoms with van der Waals surface area (Å²) in [6, 6.07) is 13.8. The smallest absolute Gasteiger partial charge is 0.128 e. The number of halogens is 1. The van der Waals surface area contributed by atoms with E-state index in [1.165, 1.54) is 5.56 Å². The number of piperidine rings is 1. The molecule has 0 amide bonds. The van der Waals surface area contributed by atoms with Gasteiger partial charge in [0.2, 0.25) is 0 Å². The van der Waals surface area contributed by atoms with E-state index < -0.39 is 0 Å². The summed E-state index contributed by atoms with van der Waals surface area (Å²) in [6.45, 7) is 4.29. The Bertz CT molecular complexity index is 807. The fourth-order valence-corrected chi connectivity index (χ4v) is 3.98. The van der Waals surface area contributed by atoms with Crippen LogP contribution < -0.4 is 10.6 Å². The van der Waals surface area contributed by atoms with E-state index in [0.29, 0.717) is 12.1 Å². The summed E-state index contributed by atoms with van der Waals surface area (Å²) in [7, 11) is 0. The second-order valence-corrected chi connectivity index (χ2v) is 7.25. The SMILES string of the molecule is Cc1ccc(CN=C2Nc3ccccc3CC23CCNCC3)c(F)c1. The molecule has 0 saturated carbocycles. The maximum absolute atomic E-state index is 14.2. The Morgan fingerprint density at radius 1 is 1.12 bits per heavy atom. The molecule has 1 spiro atoms. The predicted molar refractivity (Wildman–Crippen MR) is 101 cm³/mol. The predicted octanol–water partition coefficient (Wildman–Crippen LogP) is 4.07. The van der Waals surface area contributed by atoms with Crippen molar-refractivity contribution in [2.75, 3.05) is 18.4 Å². The normalized spacial score (nSPS) is 20.3. The molecule has 0 radical (unpaired) electrons. The van der Waals surface area contributed by atoms with Gasteiger partial charge in [-0.05, 0) is 62.5 Å². The molecule has 25 heavy (non-hydrogen) atoms. The summed E-state index contributed by atoms with van der Waals surface area (Å²) in [5, 5.41) is 7.01. The molecule has 2 aromatic rings. The molecule has 2 aliphatic heterocycles. The Balaban J connectivity index is 1.67. The van der Waals surface area contributed by atoms with Crippen molar-refractivity contribution in [3.05, 3.63) is 65.0 Å². The van der Waals surface area contributed by atoms with E-state index >= 15 is 0 Å². The molecular formula is C21H24FN3. The lowest BCUT2D eigenvalue weighted by Gasteiger charge is -2.42. The summed E-state index contributed by atoms with van der Waals surface area (Å²) in [6.07, 6.45) is 3.13. The van der Waals surface area contributed by atoms with Crippen LogP contribution in [0.1, 0.15) is 29.5 Å². The van der Waals surface area contributed by atoms with Crippen LogP contribution in [-0.4, -0.2) is 18.9 Å². The lowest BCUT2D eigenvalue weighted by Crippen LogP contribution is -2.48. The minimum absolute atomic E-state index is 0.0424. The average Bonchev–Trinajstić information content (AvgIpc) is 2.62. The van der Waals surface area contributed by atoms with Gasteiger partial charge in [-0.25, -0.2) is 4.39 Å². The number of fused-ring (bicyclic) bond motifs is 1. The molecule has 0 atom stereocenters. The molecule has 3 nitrogen and oxygen atoms in total. The van der Waals surface area contributed by atoms with Crippen molar-refractivity contribution in [3.8, 4) is 0 Å². The van der Waals surface area contributed by atoms with E-state index in [-0.39, 0.29) is 11.2 Å². The molecule has 0 unspecified atom stereocenters. The monoisotopic (exact) mass is 337 g/mol. The van der Waals surface area contributed by atoms with Crippen molar-refractivity contribution >= 4 is 11.5 Å². The van der Waals surface area contributed by atoms with Gasteiger partial charge in [-0.3, -0.25) is 4.99 Å². The van der Waals surface area contributed by atoms with Crippen molar-refractivity contribution in [2.45, 2.75) is 32.7 Å². The number of amidine groups is 1. The molecule has 1 saturated heterocycles. The quantitative estimate of drug-likeness (QED) is 0.867. The first-order chi connectivity index (χ1) is 12.2. The Labute approximate surface area is 148 Å². The highest BCUT2D eigenvalue weighted by atomic mass is 19.1. The van der Waals surface area contributed by atoms with Crippen LogP contribution in [-0.2, 0) is 13.0 Å². The number of aryl methyl sites for hydroxylation is 1. The van der Waals surface area contributed by atoms with Crippen LogP contribution >= 0.6 is 0 Å². The third-order valence-electron chi connectivity index (χ3n) is 5.48. The van der Waals surface area contributed by atoms with E-state index in [2.05, 4.69) is 28.8 Å². The molecule has 130 valence electrons. The van der Waals surface area contributed by atoms with Crippen molar-refractivity contribution in [1.29, 1.82) is 0 Å². The van der Waals surface area contributed by atoms with Gasteiger partial charge in [0.15, 0.2) is 0 Å². The van der Waals surface area contributed by atoms with E-state index in [1.54, 1.807) is 6.07 Å². The lowest BCUT2D eigenvalue weighted by molar-refractivity contribution is 0.293. The van der Waals surface area contributed by atoms with Gasteiger partial charge < -0.3 is 10.6 Å². The molecule has 2 N–H and O–H groups in total. The van der Waals surface area contributed by atoms with Crippen LogP contribution in [0.4, 0.5) is 10.1 Å². The molecule has 2 heterocycles. The van der Waals surface area contributed by atoms with E-state index in [4.69, 9.17) is 4.99 Å². The second-order valence-electron chi connectivity index (χ2n) is 7.25. The minimum Gasteiger partial charge on any atom is -0.343 e. The van der Waals surface area contributed by atoms with Crippen LogP contribution in [0.25, 0.3) is 0 Å². The molecule has 4 heteroatoms. The molecule has 1 fully saturated rings. The number of aliphatic imine (C=N–C) groups is 1. The standard InChI is InChI=1S/C21H24FN3/c1-15-6-7-17(18(22)12-15)14-24-20-21(8-10-23-11-9-21)13-16-4-2-3-5-19(16)25-20/h2-7,12,23H,8-11,13-14H2,1H3,(H,24,25). The van der Waals surface area contributed by atoms with Gasteiger partial charge in [-0.15, -0.1) is 0 Å². The number of hydrogen-bond acceptors (Lipinski definition) is 2. The van der Waals surface area contributed by atoms with Crippen molar-refractivity contribution in [1.82, 2.24) is 5.32 Å². The largest absolute Gasteiger partial charge is 0.343 e. The summed E-state index contributed by atoms with van der Waals surface area (Å²) >= 11 is 0. The van der Waals surface area contributed by atoms with Crippen molar-refractivity contribution in [3.63, 3.8) is 0 Å². The van der Waals surface area contributed by atoms with Crippen molar-refractivity contribution in [2.24, 2.45) is 10.4 Å². The topological polar surface area (TPSA) is 36.4 Å². The van der Waals surface area contributed by atoms with Crippen molar-refractivity contribution < 1.29 is 4.39 Å². The van der Waals surface area contributed by atoms with Crippen LogP contribution in [0.3, 0.4) is 0 Å². The molecule has 0 bridgehead atoms. The van der Waals surface area contributed by atoms with Gasteiger partial charge in [0.1, 0.15) is 11.7 Å². The zero-order valence-electron chi connectivity index (χ0n) is 14.6. The zero-order valence-corrected chi connectivity index (χ0v) is 14.6. The third-order valence-corrected chi connectivity index (χ3v) is 5.48. The number of nitrogens with zero attached hydrogens (tertiary/aromatic N) is 1. The molecule has 2 aliphatic rings. The van der Waals surface area contributed by atoms with Crippen LogP contribution in [0.15, 0.2) is 47.5 Å². The molecule has 2 aromatic carbocycles. The van der Waals surface area contributed by atoms with Gasteiger partial charge in [0.25, 0.3) is 0 Å². The highest BCUT2D eigenvalue weighted by Crippen LogP contribution is 2.40. The average molecular weight is 337 g/mol. The van der Waals surface area contributed by atoms with Gasteiger partial charge in [0, 0.05) is 16.7 Å². The number of anilines is 1. The highest BCUT2D eigenvalue weighted by Gasteiger charge is 2.40. The summed E-state index contributed by atoms with van der Waals surface area (Å²) < 4.78 is 14.2. The molecular weight excluding hydrogens is 313 g/mol. The first kappa shape index (κ1) is 16.3. The third kappa shape index (κ3) is 3.19. The fourth-order valence-electron chi connectivity index (χ4n) is 3.98. The fraction of sp³-hybridized carbons (Fsp3) is 0.381. The molecule has 4 rings (SSSR count). The second kappa shape index (κ2) is 6.60. The number of nitrogens with one attached hydrogen (secondary N) is 2. The van der Waals surface area contributed by atoms with Crippen LogP contribution in [0.2, 0.25) is 0 Å². The number of benzene rings is 2. The summed E-state index contributed by atoms with van der Waals surface area (Å²) in [5.41, 5.74) is 4.12. The summed E-state index contributed by atoms with van der Waals surface area (Å²) in [5.74, 6) is 0.854. The summed E-state index contributed by atoms with van der Waals surface area (Å²) in [4.78, 5) is 4.86. The Morgan fingerprint density at radius 2 is 1.92 bits per heavy atom. The zero-order chi connectivity index (χ0) is 17.3. The first-order valence-electron chi connectivity index (χ1n) is 9.02. The highest BCUT2D eigenvalue weighted by molar-refractivity contribution is 6.02.